The van der Waals surface area contributed by atoms with Crippen LogP contribution in [0.3, 0.4) is 0 Å². The molecular formula is C18H25N3O3S. The Bertz CT molecular complexity index is 748. The summed E-state index contributed by atoms with van der Waals surface area (Å²) in [6.45, 7) is 2.35. The molecule has 1 spiro atoms. The van der Waals surface area contributed by atoms with Crippen LogP contribution in [-0.4, -0.2) is 53.4 Å². The van der Waals surface area contributed by atoms with Crippen LogP contribution in [-0.2, 0) is 21.4 Å². The zero-order valence-electron chi connectivity index (χ0n) is 14.4. The summed E-state index contributed by atoms with van der Waals surface area (Å²) in [6, 6.07) is 5.72. The number of carbonyl (C=O) groups is 1. The molecule has 2 saturated heterocycles. The van der Waals surface area contributed by atoms with Crippen LogP contribution in [0.25, 0.3) is 0 Å². The van der Waals surface area contributed by atoms with E-state index < -0.39 is 10.0 Å². The molecule has 136 valence electrons. The zero-order valence-corrected chi connectivity index (χ0v) is 15.2. The molecule has 1 aliphatic carbocycles. The van der Waals surface area contributed by atoms with Gasteiger partial charge in [0.2, 0.25) is 15.9 Å². The zero-order chi connectivity index (χ0) is 17.5. The molecule has 3 fully saturated rings. The molecule has 4 rings (SSSR count). The lowest BCUT2D eigenvalue weighted by Crippen LogP contribution is -2.55. The number of rotatable bonds is 4. The molecular weight excluding hydrogens is 338 g/mol. The first-order valence-electron chi connectivity index (χ1n) is 9.15. The fourth-order valence-electron chi connectivity index (χ4n) is 4.22. The average molecular weight is 363 g/mol. The van der Waals surface area contributed by atoms with Gasteiger partial charge >= 0.3 is 0 Å². The van der Waals surface area contributed by atoms with Crippen molar-refractivity contribution < 1.29 is 13.2 Å². The van der Waals surface area contributed by atoms with E-state index in [1.807, 2.05) is 23.1 Å². The largest absolute Gasteiger partial charge is 0.336 e. The van der Waals surface area contributed by atoms with Crippen LogP contribution in [0.1, 0.15) is 44.2 Å². The molecule has 3 aliphatic rings. The highest BCUT2D eigenvalue weighted by Crippen LogP contribution is 2.42. The van der Waals surface area contributed by atoms with E-state index in [-0.39, 0.29) is 16.6 Å². The molecule has 1 atom stereocenters. The average Bonchev–Trinajstić information content (AvgIpc) is 3.45. The molecule has 1 aromatic heterocycles. The van der Waals surface area contributed by atoms with Crippen molar-refractivity contribution in [1.29, 1.82) is 0 Å². The monoisotopic (exact) mass is 363 g/mol. The van der Waals surface area contributed by atoms with Crippen molar-refractivity contribution in [2.75, 3.05) is 19.6 Å². The highest BCUT2D eigenvalue weighted by atomic mass is 32.2. The van der Waals surface area contributed by atoms with Gasteiger partial charge in [0.05, 0.1) is 17.5 Å². The third-order valence-electron chi connectivity index (χ3n) is 5.76. The summed E-state index contributed by atoms with van der Waals surface area (Å²) < 4.78 is 27.0. The summed E-state index contributed by atoms with van der Waals surface area (Å²) in [5.41, 5.74) is 0.786. The van der Waals surface area contributed by atoms with Crippen molar-refractivity contribution in [2.24, 2.45) is 5.41 Å². The van der Waals surface area contributed by atoms with Crippen LogP contribution in [0, 0.1) is 5.41 Å². The minimum absolute atomic E-state index is 0.0943. The third-order valence-corrected chi connectivity index (χ3v) is 8.10. The Kier molecular flexibility index (Phi) is 4.32. The summed E-state index contributed by atoms with van der Waals surface area (Å²) in [6.07, 6.45) is 6.52. The topological polar surface area (TPSA) is 70.6 Å². The maximum absolute atomic E-state index is 12.6. The van der Waals surface area contributed by atoms with Crippen molar-refractivity contribution in [2.45, 2.75) is 50.3 Å². The number of likely N-dealkylation sites (tertiary alicyclic amines) is 1. The molecule has 1 aromatic rings. The Morgan fingerprint density at radius 1 is 1.20 bits per heavy atom. The van der Waals surface area contributed by atoms with E-state index in [1.165, 1.54) is 0 Å². The second kappa shape index (κ2) is 6.36. The Morgan fingerprint density at radius 2 is 2.04 bits per heavy atom. The van der Waals surface area contributed by atoms with Gasteiger partial charge in [0.25, 0.3) is 0 Å². The van der Waals surface area contributed by atoms with Crippen LogP contribution in [0.2, 0.25) is 0 Å². The summed E-state index contributed by atoms with van der Waals surface area (Å²) >= 11 is 0. The smallest absolute Gasteiger partial charge is 0.222 e. The Balaban J connectivity index is 1.50. The van der Waals surface area contributed by atoms with Crippen molar-refractivity contribution in [3.63, 3.8) is 0 Å². The second-order valence-electron chi connectivity index (χ2n) is 7.75. The van der Waals surface area contributed by atoms with Crippen molar-refractivity contribution in [3.8, 4) is 0 Å². The number of hydrogen-bond acceptors (Lipinski definition) is 4. The van der Waals surface area contributed by atoms with Gasteiger partial charge in [-0.3, -0.25) is 9.78 Å². The molecule has 0 N–H and O–H groups in total. The number of sulfonamides is 1. The van der Waals surface area contributed by atoms with Crippen LogP contribution in [0.4, 0.5) is 0 Å². The normalized spacial score (nSPS) is 28.5. The molecule has 0 bridgehead atoms. The Morgan fingerprint density at radius 3 is 2.76 bits per heavy atom. The van der Waals surface area contributed by atoms with Crippen LogP contribution in [0.5, 0.6) is 0 Å². The molecule has 1 amide bonds. The molecule has 0 unspecified atom stereocenters. The maximum atomic E-state index is 12.6. The van der Waals surface area contributed by atoms with Crippen LogP contribution >= 0.6 is 0 Å². The summed E-state index contributed by atoms with van der Waals surface area (Å²) in [4.78, 5) is 18.6. The summed E-state index contributed by atoms with van der Waals surface area (Å²) in [7, 11) is -3.14. The van der Waals surface area contributed by atoms with Crippen molar-refractivity contribution in [1.82, 2.24) is 14.2 Å². The lowest BCUT2D eigenvalue weighted by Gasteiger charge is -2.47. The fraction of sp³-hybridized carbons (Fsp3) is 0.667. The van der Waals surface area contributed by atoms with E-state index in [9.17, 15) is 13.2 Å². The lowest BCUT2D eigenvalue weighted by molar-refractivity contribution is -0.139. The van der Waals surface area contributed by atoms with Crippen LogP contribution < -0.4 is 0 Å². The minimum atomic E-state index is -3.14. The number of pyridine rings is 1. The first-order valence-corrected chi connectivity index (χ1v) is 10.7. The number of amides is 1. The SMILES string of the molecule is O=C1CC[C@]2(CCCN(S(=O)(=O)C3CC3)C2)CN1Cc1ccccn1. The highest BCUT2D eigenvalue weighted by Gasteiger charge is 2.47. The maximum Gasteiger partial charge on any atom is 0.222 e. The van der Waals surface area contributed by atoms with Gasteiger partial charge in [0.1, 0.15) is 0 Å². The molecule has 0 radical (unpaired) electrons. The lowest BCUT2D eigenvalue weighted by atomic mass is 9.74. The van der Waals surface area contributed by atoms with Crippen LogP contribution in [0.15, 0.2) is 24.4 Å². The molecule has 6 nitrogen and oxygen atoms in total. The van der Waals surface area contributed by atoms with Gasteiger partial charge < -0.3 is 4.90 Å². The predicted octanol–water partition coefficient (Wildman–Crippen LogP) is 1.78. The van der Waals surface area contributed by atoms with Gasteiger partial charge in [-0.1, -0.05) is 6.07 Å². The number of nitrogens with zero attached hydrogens (tertiary/aromatic N) is 3. The standard InChI is InChI=1S/C18H25N3O3S/c22-17-7-9-18(13-20(17)12-15-4-1-2-10-19-15)8-3-11-21(14-18)25(23,24)16-5-6-16/h1-2,4,10,16H,3,5-9,11-14H2/t18-/m1/s1. The Labute approximate surface area is 149 Å². The van der Waals surface area contributed by atoms with E-state index in [0.717, 1.165) is 37.8 Å². The van der Waals surface area contributed by atoms with Gasteiger partial charge in [-0.2, -0.15) is 0 Å². The molecule has 3 heterocycles. The quantitative estimate of drug-likeness (QED) is 0.818. The molecule has 0 aromatic carbocycles. The van der Waals surface area contributed by atoms with Crippen molar-refractivity contribution >= 4 is 15.9 Å². The van der Waals surface area contributed by atoms with Gasteiger partial charge in [0.15, 0.2) is 0 Å². The molecule has 2 aliphatic heterocycles. The number of piperidine rings is 2. The van der Waals surface area contributed by atoms with E-state index in [4.69, 9.17) is 0 Å². The van der Waals surface area contributed by atoms with Gasteiger partial charge in [-0.05, 0) is 44.2 Å². The Hall–Kier alpha value is -1.47. The third kappa shape index (κ3) is 3.44. The summed E-state index contributed by atoms with van der Waals surface area (Å²) in [5, 5.41) is -0.155. The number of hydrogen-bond donors (Lipinski definition) is 0. The predicted molar refractivity (Wildman–Crippen MR) is 94.1 cm³/mol. The van der Waals surface area contributed by atoms with E-state index in [0.29, 0.717) is 32.6 Å². The van der Waals surface area contributed by atoms with Crippen molar-refractivity contribution in [3.05, 3.63) is 30.1 Å². The van der Waals surface area contributed by atoms with E-state index in [2.05, 4.69) is 4.98 Å². The first-order chi connectivity index (χ1) is 12.0. The highest BCUT2D eigenvalue weighted by molar-refractivity contribution is 7.90. The number of aromatic nitrogens is 1. The molecule has 1 saturated carbocycles. The van der Waals surface area contributed by atoms with E-state index >= 15 is 0 Å². The van der Waals surface area contributed by atoms with Gasteiger partial charge in [-0.15, -0.1) is 0 Å². The van der Waals surface area contributed by atoms with Gasteiger partial charge in [0, 0.05) is 37.7 Å². The molecule has 7 heteroatoms. The fourth-order valence-corrected chi connectivity index (χ4v) is 6.21. The second-order valence-corrected chi connectivity index (χ2v) is 9.97. The first kappa shape index (κ1) is 17.0. The minimum Gasteiger partial charge on any atom is -0.336 e. The van der Waals surface area contributed by atoms with E-state index in [1.54, 1.807) is 10.5 Å². The number of carbonyl (C=O) groups excluding carboxylic acids is 1. The molecule has 25 heavy (non-hydrogen) atoms. The summed E-state index contributed by atoms with van der Waals surface area (Å²) in [5.74, 6) is 0.151. The van der Waals surface area contributed by atoms with Gasteiger partial charge in [-0.25, -0.2) is 12.7 Å².